The molecule has 0 atom stereocenters. The predicted octanol–water partition coefficient (Wildman–Crippen LogP) is 1.97. The van der Waals surface area contributed by atoms with Crippen LogP contribution in [0, 0.1) is 0 Å². The fourth-order valence-corrected chi connectivity index (χ4v) is 3.18. The molecule has 0 unspecified atom stereocenters. The summed E-state index contributed by atoms with van der Waals surface area (Å²) in [7, 11) is -0.505. The Bertz CT molecular complexity index is 824. The Morgan fingerprint density at radius 1 is 1.08 bits per heavy atom. The lowest BCUT2D eigenvalue weighted by atomic mass is 10.3. The van der Waals surface area contributed by atoms with E-state index < -0.39 is 10.1 Å². The van der Waals surface area contributed by atoms with Crippen LogP contribution in [0.4, 0.5) is 5.69 Å². The quantitative estimate of drug-likeness (QED) is 0.672. The molecule has 2 rings (SSSR count). The van der Waals surface area contributed by atoms with Gasteiger partial charge in [-0.2, -0.15) is 8.42 Å². The van der Waals surface area contributed by atoms with Crippen molar-refractivity contribution in [3.05, 3.63) is 54.6 Å². The number of hydrogen-bond acceptors (Lipinski definition) is 6. The maximum atomic E-state index is 12.1. The number of nitrogens with zero attached hydrogens (tertiary/aromatic N) is 1. The maximum absolute atomic E-state index is 12.1. The molecule has 0 saturated carbocycles. The monoisotopic (exact) mass is 378 g/mol. The summed E-state index contributed by atoms with van der Waals surface area (Å²) in [6, 6.07) is 15.3. The Kier molecular flexibility index (Phi) is 6.99. The first-order valence-electron chi connectivity index (χ1n) is 7.97. The molecule has 0 fully saturated rings. The number of nitrogens with one attached hydrogen (secondary N) is 1. The standard InChI is InChI=1S/C18H22N2O5S/c1-20(11-12-26(22,23)25-16-8-4-3-5-9-16)14-18(21)19-15-7-6-10-17(13-15)24-2/h3-10,13H,11-12,14H2,1-2H3,(H,19,21). The molecule has 0 aliphatic heterocycles. The molecule has 0 saturated heterocycles. The number of hydrogen-bond donors (Lipinski definition) is 1. The first kappa shape index (κ1) is 19.7. The predicted molar refractivity (Wildman–Crippen MR) is 100.0 cm³/mol. The fourth-order valence-electron chi connectivity index (χ4n) is 2.16. The van der Waals surface area contributed by atoms with Crippen molar-refractivity contribution in [2.24, 2.45) is 0 Å². The second-order valence-electron chi connectivity index (χ2n) is 5.68. The number of methoxy groups -OCH3 is 1. The molecule has 0 aromatic heterocycles. The van der Waals surface area contributed by atoms with E-state index in [0.717, 1.165) is 0 Å². The number of para-hydroxylation sites is 1. The van der Waals surface area contributed by atoms with Crippen LogP contribution in [0.3, 0.4) is 0 Å². The van der Waals surface area contributed by atoms with Crippen molar-refractivity contribution >= 4 is 21.7 Å². The van der Waals surface area contributed by atoms with Gasteiger partial charge in [0.15, 0.2) is 0 Å². The number of anilines is 1. The van der Waals surface area contributed by atoms with Crippen LogP contribution in [0.25, 0.3) is 0 Å². The Morgan fingerprint density at radius 3 is 2.46 bits per heavy atom. The van der Waals surface area contributed by atoms with Crippen LogP contribution in [0.1, 0.15) is 0 Å². The lowest BCUT2D eigenvalue weighted by Gasteiger charge is -2.16. The number of likely N-dealkylation sites (N-methyl/N-ethyl adjacent to an activating group) is 1. The smallest absolute Gasteiger partial charge is 0.310 e. The molecule has 0 aliphatic rings. The number of benzene rings is 2. The van der Waals surface area contributed by atoms with Gasteiger partial charge < -0.3 is 14.2 Å². The zero-order valence-electron chi connectivity index (χ0n) is 14.7. The van der Waals surface area contributed by atoms with E-state index >= 15 is 0 Å². The summed E-state index contributed by atoms with van der Waals surface area (Å²) in [5, 5.41) is 2.74. The van der Waals surface area contributed by atoms with Crippen molar-refractivity contribution in [3.8, 4) is 11.5 Å². The molecule has 140 valence electrons. The van der Waals surface area contributed by atoms with Crippen LogP contribution in [0.5, 0.6) is 11.5 Å². The van der Waals surface area contributed by atoms with Gasteiger partial charge in [0.2, 0.25) is 5.91 Å². The van der Waals surface area contributed by atoms with Gasteiger partial charge in [-0.1, -0.05) is 24.3 Å². The van der Waals surface area contributed by atoms with Crippen molar-refractivity contribution in [2.45, 2.75) is 0 Å². The van der Waals surface area contributed by atoms with Gasteiger partial charge in [0.25, 0.3) is 0 Å². The Balaban J connectivity index is 1.80. The summed E-state index contributed by atoms with van der Waals surface area (Å²) in [5.41, 5.74) is 0.614. The lowest BCUT2D eigenvalue weighted by Crippen LogP contribution is -2.34. The maximum Gasteiger partial charge on any atom is 0.310 e. The molecule has 2 aromatic rings. The molecule has 8 heteroatoms. The van der Waals surface area contributed by atoms with Crippen LogP contribution < -0.4 is 14.2 Å². The topological polar surface area (TPSA) is 84.9 Å². The third-order valence-corrected chi connectivity index (χ3v) is 4.59. The summed E-state index contributed by atoms with van der Waals surface area (Å²) >= 11 is 0. The number of carbonyl (C=O) groups excluding carboxylic acids is 1. The second-order valence-corrected chi connectivity index (χ2v) is 7.37. The van der Waals surface area contributed by atoms with Crippen molar-refractivity contribution in [1.82, 2.24) is 4.90 Å². The summed E-state index contributed by atoms with van der Waals surface area (Å²) in [6.45, 7) is 0.221. The molecule has 0 bridgehead atoms. The minimum atomic E-state index is -3.72. The second kappa shape index (κ2) is 9.21. The fraction of sp³-hybridized carbons (Fsp3) is 0.278. The molecular formula is C18H22N2O5S. The van der Waals surface area contributed by atoms with Gasteiger partial charge >= 0.3 is 10.1 Å². The zero-order valence-corrected chi connectivity index (χ0v) is 15.5. The van der Waals surface area contributed by atoms with E-state index in [4.69, 9.17) is 8.92 Å². The summed E-state index contributed by atoms with van der Waals surface area (Å²) in [4.78, 5) is 13.7. The van der Waals surface area contributed by atoms with Crippen LogP contribution >= 0.6 is 0 Å². The molecule has 7 nitrogen and oxygen atoms in total. The van der Waals surface area contributed by atoms with Gasteiger partial charge in [0.05, 0.1) is 19.4 Å². The van der Waals surface area contributed by atoms with Crippen molar-refractivity contribution < 1.29 is 22.1 Å². The molecule has 0 heterocycles. The van der Waals surface area contributed by atoms with E-state index in [1.54, 1.807) is 73.7 Å². The Morgan fingerprint density at radius 2 is 1.77 bits per heavy atom. The third-order valence-electron chi connectivity index (χ3n) is 3.46. The van der Waals surface area contributed by atoms with Gasteiger partial charge in [0, 0.05) is 18.3 Å². The highest BCUT2D eigenvalue weighted by atomic mass is 32.2. The van der Waals surface area contributed by atoms with Gasteiger partial charge in [-0.15, -0.1) is 0 Å². The average molecular weight is 378 g/mol. The Hall–Kier alpha value is -2.58. The molecule has 2 aromatic carbocycles. The minimum Gasteiger partial charge on any atom is -0.497 e. The van der Waals surface area contributed by atoms with Crippen LogP contribution in [-0.4, -0.2) is 52.2 Å². The van der Waals surface area contributed by atoms with E-state index in [-0.39, 0.29) is 30.5 Å². The summed E-state index contributed by atoms with van der Waals surface area (Å²) in [5.74, 6) is 0.443. The molecule has 0 spiro atoms. The molecular weight excluding hydrogens is 356 g/mol. The van der Waals surface area contributed by atoms with Crippen LogP contribution in [-0.2, 0) is 14.9 Å². The van der Waals surface area contributed by atoms with E-state index in [1.807, 2.05) is 0 Å². The first-order chi connectivity index (χ1) is 12.4. The van der Waals surface area contributed by atoms with E-state index in [2.05, 4.69) is 5.32 Å². The van der Waals surface area contributed by atoms with Gasteiger partial charge in [0.1, 0.15) is 11.5 Å². The summed E-state index contributed by atoms with van der Waals surface area (Å²) < 4.78 is 34.1. The third kappa shape index (κ3) is 6.73. The molecule has 0 radical (unpaired) electrons. The van der Waals surface area contributed by atoms with Gasteiger partial charge in [-0.25, -0.2) is 0 Å². The van der Waals surface area contributed by atoms with Gasteiger partial charge in [-0.05, 0) is 31.3 Å². The number of ether oxygens (including phenoxy) is 1. The minimum absolute atomic E-state index is 0.0536. The molecule has 26 heavy (non-hydrogen) atoms. The average Bonchev–Trinajstić information content (AvgIpc) is 2.60. The first-order valence-corrected chi connectivity index (χ1v) is 9.55. The zero-order chi connectivity index (χ0) is 19.0. The highest BCUT2D eigenvalue weighted by molar-refractivity contribution is 7.87. The van der Waals surface area contributed by atoms with Crippen molar-refractivity contribution in [2.75, 3.05) is 38.3 Å². The van der Waals surface area contributed by atoms with Crippen molar-refractivity contribution in [3.63, 3.8) is 0 Å². The number of carbonyl (C=O) groups is 1. The number of rotatable bonds is 9. The molecule has 0 aliphatic carbocycles. The largest absolute Gasteiger partial charge is 0.497 e. The van der Waals surface area contributed by atoms with Gasteiger partial charge in [-0.3, -0.25) is 9.69 Å². The van der Waals surface area contributed by atoms with Crippen molar-refractivity contribution in [1.29, 1.82) is 0 Å². The normalized spacial score (nSPS) is 11.2. The van der Waals surface area contributed by atoms with E-state index in [1.165, 1.54) is 0 Å². The molecule has 1 N–H and O–H groups in total. The summed E-state index contributed by atoms with van der Waals surface area (Å²) in [6.07, 6.45) is 0. The highest BCUT2D eigenvalue weighted by Crippen LogP contribution is 2.16. The molecule has 1 amide bonds. The van der Waals surface area contributed by atoms with E-state index in [0.29, 0.717) is 11.4 Å². The van der Waals surface area contributed by atoms with Crippen LogP contribution in [0.15, 0.2) is 54.6 Å². The highest BCUT2D eigenvalue weighted by Gasteiger charge is 2.15. The van der Waals surface area contributed by atoms with E-state index in [9.17, 15) is 13.2 Å². The number of amides is 1. The SMILES string of the molecule is COc1cccc(NC(=O)CN(C)CCS(=O)(=O)Oc2ccccc2)c1. The lowest BCUT2D eigenvalue weighted by molar-refractivity contribution is -0.117. The van der Waals surface area contributed by atoms with Crippen LogP contribution in [0.2, 0.25) is 0 Å². The Labute approximate surface area is 153 Å².